The normalized spacial score (nSPS) is 20.7. The maximum atomic E-state index is 13.0. The summed E-state index contributed by atoms with van der Waals surface area (Å²) in [4.78, 5) is 19.5. The lowest BCUT2D eigenvalue weighted by Crippen LogP contribution is -2.57. The maximum absolute atomic E-state index is 13.0. The number of nitrogens with two attached hydrogens (primary N) is 1. The summed E-state index contributed by atoms with van der Waals surface area (Å²) < 4.78 is 31.2. The minimum atomic E-state index is -3.38. The number of amidine groups is 1. The van der Waals surface area contributed by atoms with Crippen LogP contribution in [0.4, 0.5) is 5.69 Å². The summed E-state index contributed by atoms with van der Waals surface area (Å²) in [7, 11) is -3.38. The number of ether oxygens (including phenoxy) is 1. The van der Waals surface area contributed by atoms with E-state index in [2.05, 4.69) is 14.7 Å². The standard InChI is InChI=1S/C28H39N5O4S.ClH/c1-2-37-27(34)21-31-14-12-26(23(20-31)13-19-38(35,36)25-6-4-3-5-7-25)33-17-15-32(16-18-33)24-10-8-22(9-11-24)28(29)30;/h3-11,23,26H,2,12-21H2,1H3,(H3,29,30);1H. The van der Waals surface area contributed by atoms with E-state index in [4.69, 9.17) is 15.9 Å². The zero-order chi connectivity index (χ0) is 27.1. The van der Waals surface area contributed by atoms with Crippen LogP contribution >= 0.6 is 12.4 Å². The highest BCUT2D eigenvalue weighted by atomic mass is 35.5. The van der Waals surface area contributed by atoms with Gasteiger partial charge in [-0.1, -0.05) is 18.2 Å². The molecule has 11 heteroatoms. The van der Waals surface area contributed by atoms with Gasteiger partial charge in [0.05, 0.1) is 23.8 Å². The van der Waals surface area contributed by atoms with Crippen molar-refractivity contribution in [3.05, 3.63) is 60.2 Å². The molecule has 2 atom stereocenters. The van der Waals surface area contributed by atoms with E-state index in [0.717, 1.165) is 50.4 Å². The van der Waals surface area contributed by atoms with E-state index in [1.54, 1.807) is 31.2 Å². The number of nitrogen functional groups attached to an aromatic ring is 1. The molecule has 2 aliphatic rings. The van der Waals surface area contributed by atoms with E-state index >= 15 is 0 Å². The van der Waals surface area contributed by atoms with Crippen LogP contribution in [0.5, 0.6) is 0 Å². The first-order valence-corrected chi connectivity index (χ1v) is 15.0. The van der Waals surface area contributed by atoms with Gasteiger partial charge in [0.1, 0.15) is 5.84 Å². The minimum Gasteiger partial charge on any atom is -0.465 e. The van der Waals surface area contributed by atoms with Gasteiger partial charge in [0.25, 0.3) is 0 Å². The van der Waals surface area contributed by atoms with E-state index in [9.17, 15) is 13.2 Å². The van der Waals surface area contributed by atoms with Gasteiger partial charge in [-0.15, -0.1) is 12.4 Å². The molecule has 2 unspecified atom stereocenters. The molecule has 214 valence electrons. The number of esters is 1. The Morgan fingerprint density at radius 1 is 1.03 bits per heavy atom. The van der Waals surface area contributed by atoms with Crippen molar-refractivity contribution in [2.45, 2.75) is 30.7 Å². The average molecular weight is 578 g/mol. The third kappa shape index (κ3) is 8.17. The lowest BCUT2D eigenvalue weighted by atomic mass is 9.88. The van der Waals surface area contributed by atoms with Gasteiger partial charge in [-0.3, -0.25) is 20.0 Å². The molecule has 2 aromatic rings. The van der Waals surface area contributed by atoms with Crippen molar-refractivity contribution >= 4 is 39.7 Å². The Bertz CT molecular complexity index is 1190. The topological polar surface area (TPSA) is 120 Å². The van der Waals surface area contributed by atoms with Crippen LogP contribution in [0.2, 0.25) is 0 Å². The van der Waals surface area contributed by atoms with Gasteiger partial charge in [0.15, 0.2) is 9.84 Å². The van der Waals surface area contributed by atoms with E-state index in [1.807, 2.05) is 30.3 Å². The van der Waals surface area contributed by atoms with Gasteiger partial charge >= 0.3 is 5.97 Å². The quantitative estimate of drug-likeness (QED) is 0.251. The van der Waals surface area contributed by atoms with Gasteiger partial charge in [-0.25, -0.2) is 8.42 Å². The van der Waals surface area contributed by atoms with Gasteiger partial charge in [-0.2, -0.15) is 0 Å². The van der Waals surface area contributed by atoms with Crippen molar-refractivity contribution < 1.29 is 17.9 Å². The van der Waals surface area contributed by atoms with Gasteiger partial charge in [-0.05, 0) is 62.1 Å². The smallest absolute Gasteiger partial charge is 0.320 e. The highest BCUT2D eigenvalue weighted by molar-refractivity contribution is 7.91. The molecule has 2 aromatic carbocycles. The zero-order valence-electron chi connectivity index (χ0n) is 22.5. The van der Waals surface area contributed by atoms with Crippen LogP contribution in [0.15, 0.2) is 59.5 Å². The Hall–Kier alpha value is -2.66. The Morgan fingerprint density at radius 3 is 2.31 bits per heavy atom. The molecule has 2 heterocycles. The third-order valence-electron chi connectivity index (χ3n) is 7.62. The molecule has 0 aromatic heterocycles. The summed E-state index contributed by atoms with van der Waals surface area (Å²) in [5, 5.41) is 7.59. The number of nitrogens with one attached hydrogen (secondary N) is 1. The van der Waals surface area contributed by atoms with E-state index in [1.165, 1.54) is 0 Å². The van der Waals surface area contributed by atoms with Crippen LogP contribution in [-0.4, -0.2) is 94.2 Å². The number of carbonyl (C=O) groups is 1. The molecule has 0 radical (unpaired) electrons. The largest absolute Gasteiger partial charge is 0.465 e. The summed E-state index contributed by atoms with van der Waals surface area (Å²) in [5.41, 5.74) is 7.42. The fourth-order valence-corrected chi connectivity index (χ4v) is 7.03. The van der Waals surface area contributed by atoms with Gasteiger partial charge in [0, 0.05) is 56.6 Å². The molecule has 39 heavy (non-hydrogen) atoms. The zero-order valence-corrected chi connectivity index (χ0v) is 24.1. The maximum Gasteiger partial charge on any atom is 0.320 e. The van der Waals surface area contributed by atoms with Crippen LogP contribution in [0.1, 0.15) is 25.3 Å². The monoisotopic (exact) mass is 577 g/mol. The SMILES string of the molecule is CCOC(=O)CN1CCC(N2CCN(c3ccc(C(=N)N)cc3)CC2)C(CCS(=O)(=O)c2ccccc2)C1.Cl. The number of likely N-dealkylation sites (tertiary alicyclic amines) is 1. The van der Waals surface area contributed by atoms with E-state index in [-0.39, 0.29) is 48.5 Å². The van der Waals surface area contributed by atoms with Crippen molar-refractivity contribution in [2.24, 2.45) is 11.7 Å². The molecule has 2 aliphatic heterocycles. The molecule has 0 spiro atoms. The molecule has 2 saturated heterocycles. The Labute approximate surface area is 238 Å². The van der Waals surface area contributed by atoms with Crippen molar-refractivity contribution in [3.63, 3.8) is 0 Å². The Kier molecular flexibility index (Phi) is 11.2. The predicted molar refractivity (Wildman–Crippen MR) is 157 cm³/mol. The van der Waals surface area contributed by atoms with Crippen molar-refractivity contribution in [1.29, 1.82) is 5.41 Å². The Morgan fingerprint density at radius 2 is 1.69 bits per heavy atom. The molecule has 0 amide bonds. The summed E-state index contributed by atoms with van der Waals surface area (Å²) >= 11 is 0. The molecule has 9 nitrogen and oxygen atoms in total. The number of carbonyl (C=O) groups excluding carboxylic acids is 1. The fraction of sp³-hybridized carbons (Fsp3) is 0.500. The second kappa shape index (κ2) is 14.1. The van der Waals surface area contributed by atoms with Gasteiger partial charge in [0.2, 0.25) is 0 Å². The van der Waals surface area contributed by atoms with Crippen LogP contribution in [0.25, 0.3) is 0 Å². The summed E-state index contributed by atoms with van der Waals surface area (Å²) in [5.74, 6) is 0.0634. The van der Waals surface area contributed by atoms with Crippen LogP contribution < -0.4 is 10.6 Å². The summed E-state index contributed by atoms with van der Waals surface area (Å²) in [6.45, 7) is 7.40. The predicted octanol–water partition coefficient (Wildman–Crippen LogP) is 2.63. The number of piperidine rings is 1. The molecular weight excluding hydrogens is 538 g/mol. The number of rotatable bonds is 10. The van der Waals surface area contributed by atoms with E-state index in [0.29, 0.717) is 24.5 Å². The molecule has 0 bridgehead atoms. The Balaban J connectivity index is 0.00000420. The number of piperazine rings is 1. The first kappa shape index (κ1) is 30.9. The fourth-order valence-electron chi connectivity index (χ4n) is 5.61. The molecule has 0 saturated carbocycles. The summed E-state index contributed by atoms with van der Waals surface area (Å²) in [6.07, 6.45) is 1.44. The highest BCUT2D eigenvalue weighted by Gasteiger charge is 2.36. The van der Waals surface area contributed by atoms with E-state index < -0.39 is 9.84 Å². The van der Waals surface area contributed by atoms with Gasteiger partial charge < -0.3 is 15.4 Å². The van der Waals surface area contributed by atoms with Crippen molar-refractivity contribution in [1.82, 2.24) is 9.80 Å². The minimum absolute atomic E-state index is 0. The number of nitrogens with zero attached hydrogens (tertiary/aromatic N) is 3. The first-order valence-electron chi connectivity index (χ1n) is 13.4. The van der Waals surface area contributed by atoms with Crippen LogP contribution in [0, 0.1) is 11.3 Å². The highest BCUT2D eigenvalue weighted by Crippen LogP contribution is 2.29. The molecular formula is C28H40ClN5O4S. The number of sulfone groups is 1. The van der Waals surface area contributed by atoms with Crippen molar-refractivity contribution in [2.75, 3.05) is 63.1 Å². The number of benzene rings is 2. The molecule has 0 aliphatic carbocycles. The molecule has 4 rings (SSSR count). The number of anilines is 1. The third-order valence-corrected chi connectivity index (χ3v) is 9.39. The molecule has 2 fully saturated rings. The second-order valence-electron chi connectivity index (χ2n) is 10.1. The number of halogens is 1. The second-order valence-corrected chi connectivity index (χ2v) is 12.2. The average Bonchev–Trinajstić information content (AvgIpc) is 2.93. The van der Waals surface area contributed by atoms with Crippen molar-refractivity contribution in [3.8, 4) is 0 Å². The number of hydrogen-bond donors (Lipinski definition) is 2. The summed E-state index contributed by atoms with van der Waals surface area (Å²) in [6, 6.07) is 16.7. The lowest BCUT2D eigenvalue weighted by molar-refractivity contribution is -0.145. The molecule has 3 N–H and O–H groups in total. The first-order chi connectivity index (χ1) is 18.3. The lowest BCUT2D eigenvalue weighted by Gasteiger charge is -2.47. The van der Waals surface area contributed by atoms with Crippen LogP contribution in [-0.2, 0) is 19.4 Å². The number of hydrogen-bond acceptors (Lipinski definition) is 8. The van der Waals surface area contributed by atoms with Crippen LogP contribution in [0.3, 0.4) is 0 Å².